The Labute approximate surface area is 195 Å². The quantitative estimate of drug-likeness (QED) is 0.575. The fourth-order valence-electron chi connectivity index (χ4n) is 4.36. The molecular weight excluding hydrogens is 442 g/mol. The van der Waals surface area contributed by atoms with Crippen LogP contribution in [0.4, 0.5) is 14.6 Å². The van der Waals surface area contributed by atoms with Crippen LogP contribution in [0.2, 0.25) is 0 Å². The molecule has 7 nitrogen and oxygen atoms in total. The summed E-state index contributed by atoms with van der Waals surface area (Å²) in [6.07, 6.45) is 2.99. The number of fused-ring (bicyclic) bond motifs is 1. The largest absolute Gasteiger partial charge is 0.379 e. The van der Waals surface area contributed by atoms with Crippen molar-refractivity contribution >= 4 is 11.7 Å². The van der Waals surface area contributed by atoms with Crippen molar-refractivity contribution in [2.24, 2.45) is 0 Å². The van der Waals surface area contributed by atoms with Crippen LogP contribution >= 0.6 is 0 Å². The predicted octanol–water partition coefficient (Wildman–Crippen LogP) is 3.79. The number of aliphatic hydroxyl groups is 1. The molecule has 3 aromatic rings. The molecule has 9 heteroatoms. The molecule has 1 saturated heterocycles. The van der Waals surface area contributed by atoms with Crippen LogP contribution in [0, 0.1) is 11.6 Å². The number of carbonyl (C=O) groups excluding carboxylic acids is 1. The number of carbonyl (C=O) groups is 1. The Hall–Kier alpha value is -3.43. The topological polar surface area (TPSA) is 87.6 Å². The van der Waals surface area contributed by atoms with Crippen molar-refractivity contribution in [2.45, 2.75) is 32.0 Å². The van der Waals surface area contributed by atoms with Gasteiger partial charge in [-0.25, -0.2) is 13.8 Å². The molecule has 4 heterocycles. The molecule has 176 valence electrons. The van der Waals surface area contributed by atoms with Crippen molar-refractivity contribution in [1.29, 1.82) is 0 Å². The fraction of sp³-hybridized carbons (Fsp3) is 0.320. The maximum absolute atomic E-state index is 15.2. The van der Waals surface area contributed by atoms with Gasteiger partial charge in [-0.2, -0.15) is 0 Å². The van der Waals surface area contributed by atoms with Crippen LogP contribution in [0.1, 0.15) is 47.1 Å². The lowest BCUT2D eigenvalue weighted by molar-refractivity contribution is -0.186. The van der Waals surface area contributed by atoms with Gasteiger partial charge < -0.3 is 20.1 Å². The Kier molecular flexibility index (Phi) is 5.53. The second-order valence-corrected chi connectivity index (χ2v) is 8.68. The summed E-state index contributed by atoms with van der Waals surface area (Å²) >= 11 is 0. The van der Waals surface area contributed by atoms with Crippen molar-refractivity contribution < 1.29 is 23.4 Å². The summed E-state index contributed by atoms with van der Waals surface area (Å²) in [6, 6.07) is 6.50. The van der Waals surface area contributed by atoms with Crippen molar-refractivity contribution in [3.8, 4) is 11.1 Å². The molecule has 1 atom stereocenters. The summed E-state index contributed by atoms with van der Waals surface area (Å²) in [7, 11) is 0. The minimum absolute atomic E-state index is 0.0629. The van der Waals surface area contributed by atoms with Crippen molar-refractivity contribution in [3.63, 3.8) is 0 Å². The third kappa shape index (κ3) is 3.70. The molecule has 2 aliphatic rings. The monoisotopic (exact) mass is 466 g/mol. The normalized spacial score (nSPS) is 17.3. The second-order valence-electron chi connectivity index (χ2n) is 8.68. The van der Waals surface area contributed by atoms with E-state index in [1.807, 2.05) is 6.92 Å². The smallest absolute Gasteiger partial charge is 0.254 e. The number of anilines is 1. The fourth-order valence-corrected chi connectivity index (χ4v) is 4.36. The van der Waals surface area contributed by atoms with E-state index in [0.29, 0.717) is 35.7 Å². The van der Waals surface area contributed by atoms with E-state index in [1.165, 1.54) is 12.4 Å². The number of hydrogen-bond acceptors (Lipinski definition) is 6. The molecule has 5 rings (SSSR count). The zero-order valence-electron chi connectivity index (χ0n) is 18.8. The second kappa shape index (κ2) is 8.41. The molecule has 1 fully saturated rings. The van der Waals surface area contributed by atoms with E-state index in [4.69, 9.17) is 4.74 Å². The third-order valence-electron chi connectivity index (χ3n) is 6.44. The molecule has 0 bridgehead atoms. The summed E-state index contributed by atoms with van der Waals surface area (Å²) in [5.41, 5.74) is 1.09. The van der Waals surface area contributed by atoms with Gasteiger partial charge in [-0.1, -0.05) is 0 Å². The number of pyridine rings is 2. The summed E-state index contributed by atoms with van der Waals surface area (Å²) < 4.78 is 35.4. The molecule has 0 spiro atoms. The standard InChI is InChI=1S/C25H24F2N4O3/c1-3-31-11-19-16(24(31)32)5-7-29-23(19)30-14(2)17-9-21(27)18(10-20(17)26)15-4-6-28-22(8-15)25(33)12-34-13-25/h4-10,14,33H,3,11-13H2,1-2H3,(H,29,30). The van der Waals surface area contributed by atoms with Gasteiger partial charge in [-0.3, -0.25) is 9.78 Å². The molecule has 1 unspecified atom stereocenters. The number of benzene rings is 1. The van der Waals surface area contributed by atoms with Crippen molar-refractivity contribution in [1.82, 2.24) is 14.9 Å². The number of rotatable bonds is 6. The highest BCUT2D eigenvalue weighted by atomic mass is 19.1. The maximum Gasteiger partial charge on any atom is 0.254 e. The Morgan fingerprint density at radius 1 is 1.15 bits per heavy atom. The van der Waals surface area contributed by atoms with Crippen LogP contribution in [-0.4, -0.2) is 45.6 Å². The number of nitrogens with zero attached hydrogens (tertiary/aromatic N) is 3. The maximum atomic E-state index is 15.2. The van der Waals surface area contributed by atoms with E-state index in [0.717, 1.165) is 17.7 Å². The van der Waals surface area contributed by atoms with Crippen molar-refractivity contribution in [3.05, 3.63) is 76.7 Å². The lowest BCUT2D eigenvalue weighted by atomic mass is 9.93. The predicted molar refractivity (Wildman–Crippen MR) is 121 cm³/mol. The summed E-state index contributed by atoms with van der Waals surface area (Å²) in [5, 5.41) is 13.6. The first-order valence-electron chi connectivity index (χ1n) is 11.1. The number of halogens is 2. The zero-order chi connectivity index (χ0) is 24.0. The molecule has 0 saturated carbocycles. The first kappa shape index (κ1) is 22.4. The van der Waals surface area contributed by atoms with E-state index >= 15 is 8.78 Å². The van der Waals surface area contributed by atoms with Gasteiger partial charge in [-0.15, -0.1) is 0 Å². The van der Waals surface area contributed by atoms with Gasteiger partial charge >= 0.3 is 0 Å². The molecule has 2 aliphatic heterocycles. The summed E-state index contributed by atoms with van der Waals surface area (Å²) in [5.74, 6) is -0.767. The molecule has 1 amide bonds. The van der Waals surface area contributed by atoms with E-state index in [9.17, 15) is 9.90 Å². The molecular formula is C25H24F2N4O3. The van der Waals surface area contributed by atoms with Crippen LogP contribution in [0.3, 0.4) is 0 Å². The number of aromatic nitrogens is 2. The van der Waals surface area contributed by atoms with Gasteiger partial charge in [-0.05, 0) is 49.7 Å². The van der Waals surface area contributed by atoms with E-state index in [-0.39, 0.29) is 30.2 Å². The average molecular weight is 466 g/mol. The van der Waals surface area contributed by atoms with Crippen molar-refractivity contribution in [2.75, 3.05) is 25.1 Å². The average Bonchev–Trinajstić information content (AvgIpc) is 3.15. The number of nitrogens with one attached hydrogen (secondary N) is 1. The molecule has 34 heavy (non-hydrogen) atoms. The Morgan fingerprint density at radius 2 is 1.91 bits per heavy atom. The van der Waals surface area contributed by atoms with E-state index < -0.39 is 23.3 Å². The van der Waals surface area contributed by atoms with E-state index in [2.05, 4.69) is 15.3 Å². The number of amides is 1. The Balaban J connectivity index is 1.42. The van der Waals surface area contributed by atoms with Gasteiger partial charge in [0.15, 0.2) is 5.60 Å². The van der Waals surface area contributed by atoms with Crippen LogP contribution in [0.25, 0.3) is 11.1 Å². The lowest BCUT2D eigenvalue weighted by Crippen LogP contribution is -2.47. The SMILES string of the molecule is CCN1Cc2c(ccnc2NC(C)c2cc(F)c(-c3ccnc(C4(O)COC4)c3)cc2F)C1=O. The third-order valence-corrected chi connectivity index (χ3v) is 6.44. The first-order valence-corrected chi connectivity index (χ1v) is 11.1. The zero-order valence-corrected chi connectivity index (χ0v) is 18.8. The molecule has 0 radical (unpaired) electrons. The Morgan fingerprint density at radius 3 is 2.62 bits per heavy atom. The summed E-state index contributed by atoms with van der Waals surface area (Å²) in [4.78, 5) is 22.6. The molecule has 0 aliphatic carbocycles. The van der Waals surface area contributed by atoms with E-state index in [1.54, 1.807) is 30.0 Å². The molecule has 2 N–H and O–H groups in total. The van der Waals surface area contributed by atoms with Crippen LogP contribution in [0.5, 0.6) is 0 Å². The van der Waals surface area contributed by atoms with Gasteiger partial charge in [0.2, 0.25) is 0 Å². The van der Waals surface area contributed by atoms with Crippen LogP contribution in [-0.2, 0) is 16.9 Å². The van der Waals surface area contributed by atoms with Crippen LogP contribution in [0.15, 0.2) is 42.7 Å². The number of ether oxygens (including phenoxy) is 1. The highest BCUT2D eigenvalue weighted by Crippen LogP contribution is 2.34. The van der Waals surface area contributed by atoms with Crippen LogP contribution < -0.4 is 5.32 Å². The lowest BCUT2D eigenvalue weighted by Gasteiger charge is -2.35. The van der Waals surface area contributed by atoms with Gasteiger partial charge in [0.25, 0.3) is 5.91 Å². The highest BCUT2D eigenvalue weighted by Gasteiger charge is 2.39. The summed E-state index contributed by atoms with van der Waals surface area (Å²) in [6.45, 7) is 4.83. The minimum atomic E-state index is -1.21. The van der Waals surface area contributed by atoms with Gasteiger partial charge in [0.1, 0.15) is 17.5 Å². The first-order chi connectivity index (χ1) is 16.3. The highest BCUT2D eigenvalue weighted by molar-refractivity contribution is 5.99. The Bertz CT molecular complexity index is 1280. The molecule has 1 aromatic carbocycles. The molecule has 2 aromatic heterocycles. The van der Waals surface area contributed by atoms with Gasteiger partial charge in [0.05, 0.1) is 31.5 Å². The van der Waals surface area contributed by atoms with Gasteiger partial charge in [0, 0.05) is 41.2 Å². The number of hydrogen-bond donors (Lipinski definition) is 2. The minimum Gasteiger partial charge on any atom is -0.379 e.